The molecule has 17 heavy (non-hydrogen) atoms. The quantitative estimate of drug-likeness (QED) is 0.636. The molecule has 0 aliphatic heterocycles. The first-order chi connectivity index (χ1) is 7.97. The monoisotopic (exact) mass is 242 g/mol. The summed E-state index contributed by atoms with van der Waals surface area (Å²) in [6.07, 6.45) is 4.14. The largest absolute Gasteiger partial charge is 0.481 e. The number of urea groups is 1. The zero-order chi connectivity index (χ0) is 12.8. The molecule has 2 atom stereocenters. The van der Waals surface area contributed by atoms with Crippen LogP contribution in [0.4, 0.5) is 4.79 Å². The van der Waals surface area contributed by atoms with Crippen molar-refractivity contribution in [2.75, 3.05) is 0 Å². The van der Waals surface area contributed by atoms with E-state index in [4.69, 9.17) is 5.11 Å². The van der Waals surface area contributed by atoms with Gasteiger partial charge in [-0.15, -0.1) is 0 Å². The highest BCUT2D eigenvalue weighted by molar-refractivity contribution is 5.74. The van der Waals surface area contributed by atoms with Crippen molar-refractivity contribution in [2.45, 2.75) is 58.0 Å². The van der Waals surface area contributed by atoms with Crippen molar-refractivity contribution in [3.05, 3.63) is 0 Å². The molecule has 3 N–H and O–H groups in total. The number of aliphatic carboxylic acids is 1. The van der Waals surface area contributed by atoms with Gasteiger partial charge in [0.05, 0.1) is 0 Å². The highest BCUT2D eigenvalue weighted by Gasteiger charge is 2.24. The standard InChI is InChI=1S/C12H22N2O3/c1-8(3-6-11(15)16)13-12(17)14-9(2)7-10-4-5-10/h8-10H,3-7H2,1-2H3,(H,15,16)(H2,13,14,17). The SMILES string of the molecule is CC(CCC(=O)O)NC(=O)NC(C)CC1CC1. The van der Waals surface area contributed by atoms with Crippen molar-refractivity contribution in [2.24, 2.45) is 5.92 Å². The van der Waals surface area contributed by atoms with Crippen molar-refractivity contribution in [3.63, 3.8) is 0 Å². The van der Waals surface area contributed by atoms with Gasteiger partial charge in [0.15, 0.2) is 0 Å². The Morgan fingerprint density at radius 3 is 2.35 bits per heavy atom. The summed E-state index contributed by atoms with van der Waals surface area (Å²) in [4.78, 5) is 21.9. The lowest BCUT2D eigenvalue weighted by molar-refractivity contribution is -0.137. The number of hydrogen-bond acceptors (Lipinski definition) is 2. The fourth-order valence-electron chi connectivity index (χ4n) is 1.81. The molecule has 1 aliphatic carbocycles. The van der Waals surface area contributed by atoms with Crippen LogP contribution in [0.5, 0.6) is 0 Å². The number of carboxylic acid groups (broad SMARTS) is 1. The minimum absolute atomic E-state index is 0.0824. The van der Waals surface area contributed by atoms with Crippen molar-refractivity contribution in [3.8, 4) is 0 Å². The third kappa shape index (κ3) is 6.81. The van der Waals surface area contributed by atoms with E-state index in [0.29, 0.717) is 6.42 Å². The Labute approximate surface area is 102 Å². The first-order valence-corrected chi connectivity index (χ1v) is 6.26. The summed E-state index contributed by atoms with van der Waals surface area (Å²) < 4.78 is 0. The van der Waals surface area contributed by atoms with Crippen molar-refractivity contribution < 1.29 is 14.7 Å². The van der Waals surface area contributed by atoms with Gasteiger partial charge in [-0.2, -0.15) is 0 Å². The van der Waals surface area contributed by atoms with E-state index >= 15 is 0 Å². The summed E-state index contributed by atoms with van der Waals surface area (Å²) in [6, 6.07) is -0.121. The Hall–Kier alpha value is -1.26. The van der Waals surface area contributed by atoms with E-state index in [9.17, 15) is 9.59 Å². The third-order valence-corrected chi connectivity index (χ3v) is 2.93. The molecule has 1 fully saturated rings. The molecular formula is C12H22N2O3. The van der Waals surface area contributed by atoms with Crippen molar-refractivity contribution in [1.29, 1.82) is 0 Å². The van der Waals surface area contributed by atoms with E-state index in [1.807, 2.05) is 13.8 Å². The molecule has 1 saturated carbocycles. The van der Waals surface area contributed by atoms with E-state index in [1.165, 1.54) is 12.8 Å². The molecule has 0 aromatic heterocycles. The highest BCUT2D eigenvalue weighted by Crippen LogP contribution is 2.33. The number of rotatable bonds is 7. The normalized spacial score (nSPS) is 18.2. The van der Waals surface area contributed by atoms with Gasteiger partial charge in [0.1, 0.15) is 0 Å². The summed E-state index contributed by atoms with van der Waals surface area (Å²) in [6.45, 7) is 3.81. The smallest absolute Gasteiger partial charge is 0.315 e. The van der Waals surface area contributed by atoms with Gasteiger partial charge < -0.3 is 15.7 Å². The number of carbonyl (C=O) groups excluding carboxylic acids is 1. The summed E-state index contributed by atoms with van der Waals surface area (Å²) in [5.41, 5.74) is 0. The molecule has 98 valence electrons. The maximum absolute atomic E-state index is 11.5. The average molecular weight is 242 g/mol. The Morgan fingerprint density at radius 2 is 1.82 bits per heavy atom. The van der Waals surface area contributed by atoms with Gasteiger partial charge in [-0.25, -0.2) is 4.79 Å². The number of nitrogens with one attached hydrogen (secondary N) is 2. The number of carboxylic acids is 1. The van der Waals surface area contributed by atoms with Crippen LogP contribution in [0.2, 0.25) is 0 Å². The second-order valence-corrected chi connectivity index (χ2v) is 5.03. The number of hydrogen-bond donors (Lipinski definition) is 3. The van der Waals surface area contributed by atoms with Gasteiger partial charge in [-0.1, -0.05) is 12.8 Å². The van der Waals surface area contributed by atoms with Gasteiger partial charge in [-0.3, -0.25) is 4.79 Å². The summed E-state index contributed by atoms with van der Waals surface area (Å²) >= 11 is 0. The molecule has 0 bridgehead atoms. The molecule has 2 unspecified atom stereocenters. The van der Waals surface area contributed by atoms with E-state index < -0.39 is 5.97 Å². The molecule has 0 aromatic rings. The van der Waals surface area contributed by atoms with Crippen LogP contribution < -0.4 is 10.6 Å². The fourth-order valence-corrected chi connectivity index (χ4v) is 1.81. The van der Waals surface area contributed by atoms with Crippen LogP contribution in [0.15, 0.2) is 0 Å². The molecule has 1 aliphatic rings. The fraction of sp³-hybridized carbons (Fsp3) is 0.833. The molecule has 5 nitrogen and oxygen atoms in total. The minimum atomic E-state index is -0.832. The van der Waals surface area contributed by atoms with E-state index in [-0.39, 0.29) is 24.5 Å². The summed E-state index contributed by atoms with van der Waals surface area (Å²) in [5.74, 6) is -0.0455. The molecule has 1 rings (SSSR count). The zero-order valence-electron chi connectivity index (χ0n) is 10.5. The second-order valence-electron chi connectivity index (χ2n) is 5.03. The first kappa shape index (κ1) is 13.8. The summed E-state index contributed by atoms with van der Waals surface area (Å²) in [5, 5.41) is 14.1. The van der Waals surface area contributed by atoms with Gasteiger partial charge in [0.2, 0.25) is 0 Å². The molecule has 0 saturated heterocycles. The Bertz CT molecular complexity index is 277. The second kappa shape index (κ2) is 6.47. The van der Waals surface area contributed by atoms with Gasteiger partial charge in [0.25, 0.3) is 0 Å². The van der Waals surface area contributed by atoms with Crippen molar-refractivity contribution >= 4 is 12.0 Å². The molecule has 0 heterocycles. The minimum Gasteiger partial charge on any atom is -0.481 e. The third-order valence-electron chi connectivity index (χ3n) is 2.93. The predicted molar refractivity (Wildman–Crippen MR) is 64.8 cm³/mol. The maximum atomic E-state index is 11.5. The van der Waals surface area contributed by atoms with Crippen LogP contribution >= 0.6 is 0 Å². The molecule has 0 spiro atoms. The molecule has 0 radical (unpaired) electrons. The lowest BCUT2D eigenvalue weighted by atomic mass is 10.1. The van der Waals surface area contributed by atoms with E-state index in [1.54, 1.807) is 0 Å². The summed E-state index contributed by atoms with van der Waals surface area (Å²) in [7, 11) is 0. The van der Waals surface area contributed by atoms with Crippen LogP contribution in [0, 0.1) is 5.92 Å². The zero-order valence-corrected chi connectivity index (χ0v) is 10.5. The molecule has 0 aromatic carbocycles. The lowest BCUT2D eigenvalue weighted by Gasteiger charge is -2.17. The van der Waals surface area contributed by atoms with Gasteiger partial charge in [-0.05, 0) is 32.6 Å². The van der Waals surface area contributed by atoms with Crippen LogP contribution in [0.3, 0.4) is 0 Å². The van der Waals surface area contributed by atoms with Crippen LogP contribution in [0.25, 0.3) is 0 Å². The van der Waals surface area contributed by atoms with Crippen molar-refractivity contribution in [1.82, 2.24) is 10.6 Å². The van der Waals surface area contributed by atoms with E-state index in [2.05, 4.69) is 10.6 Å². The van der Waals surface area contributed by atoms with Gasteiger partial charge >= 0.3 is 12.0 Å². The van der Waals surface area contributed by atoms with Crippen LogP contribution in [0.1, 0.15) is 46.0 Å². The average Bonchev–Trinajstić information content (AvgIpc) is 2.97. The molecule has 2 amide bonds. The molecular weight excluding hydrogens is 220 g/mol. The van der Waals surface area contributed by atoms with Crippen LogP contribution in [-0.4, -0.2) is 29.2 Å². The first-order valence-electron chi connectivity index (χ1n) is 6.26. The molecule has 5 heteroatoms. The Balaban J connectivity index is 2.11. The highest BCUT2D eigenvalue weighted by atomic mass is 16.4. The Morgan fingerprint density at radius 1 is 1.24 bits per heavy atom. The topological polar surface area (TPSA) is 78.4 Å². The number of carbonyl (C=O) groups is 2. The number of amides is 2. The van der Waals surface area contributed by atoms with E-state index in [0.717, 1.165) is 12.3 Å². The lowest BCUT2D eigenvalue weighted by Crippen LogP contribution is -2.44. The predicted octanol–water partition coefficient (Wildman–Crippen LogP) is 1.73. The maximum Gasteiger partial charge on any atom is 0.315 e. The van der Waals surface area contributed by atoms with Crippen LogP contribution in [-0.2, 0) is 4.79 Å². The Kier molecular flexibility index (Phi) is 5.25. The van der Waals surface area contributed by atoms with Gasteiger partial charge in [0, 0.05) is 18.5 Å².